The number of hydrogen-bond donors (Lipinski definition) is 0. The van der Waals surface area contributed by atoms with Gasteiger partial charge in [0, 0.05) is 12.1 Å². The first-order chi connectivity index (χ1) is 11.6. The maximum Gasteiger partial charge on any atom is 0.00697 e. The molecule has 0 radical (unpaired) electrons. The fourth-order valence-corrected chi connectivity index (χ4v) is 4.06. The monoisotopic (exact) mass is 321 g/mol. The van der Waals surface area contributed by atoms with Crippen molar-refractivity contribution in [3.63, 3.8) is 0 Å². The average Bonchev–Trinajstić information content (AvgIpc) is 2.62. The second-order valence-electron chi connectivity index (χ2n) is 7.54. The minimum atomic E-state index is 0.621. The van der Waals surface area contributed by atoms with Crippen molar-refractivity contribution >= 4 is 0 Å². The van der Waals surface area contributed by atoms with Crippen LogP contribution in [-0.2, 0) is 0 Å². The summed E-state index contributed by atoms with van der Waals surface area (Å²) in [5, 5.41) is 0. The van der Waals surface area contributed by atoms with Gasteiger partial charge in [-0.1, -0.05) is 67.9 Å². The smallest absolute Gasteiger partial charge is 0.00697 e. The van der Waals surface area contributed by atoms with E-state index in [0.29, 0.717) is 5.92 Å². The molecule has 0 aliphatic carbocycles. The number of hydrogen-bond acceptors (Lipinski definition) is 1. The fourth-order valence-electron chi connectivity index (χ4n) is 4.06. The molecule has 1 aliphatic rings. The van der Waals surface area contributed by atoms with Gasteiger partial charge in [-0.05, 0) is 62.3 Å². The Labute approximate surface area is 147 Å². The molecule has 3 rings (SSSR count). The molecular weight excluding hydrogens is 290 g/mol. The van der Waals surface area contributed by atoms with E-state index in [9.17, 15) is 0 Å². The molecule has 1 nitrogen and oxygen atoms in total. The van der Waals surface area contributed by atoms with Crippen LogP contribution < -0.4 is 0 Å². The van der Waals surface area contributed by atoms with E-state index in [1.807, 2.05) is 0 Å². The molecule has 1 heterocycles. The minimum absolute atomic E-state index is 0.621. The lowest BCUT2D eigenvalue weighted by Gasteiger charge is -2.39. The lowest BCUT2D eigenvalue weighted by Crippen LogP contribution is -2.44. The number of nitrogens with zero attached hydrogens (tertiary/aromatic N) is 1. The van der Waals surface area contributed by atoms with E-state index in [-0.39, 0.29) is 0 Å². The van der Waals surface area contributed by atoms with Crippen LogP contribution in [0.4, 0.5) is 0 Å². The summed E-state index contributed by atoms with van der Waals surface area (Å²) in [4.78, 5) is 2.72. The highest BCUT2D eigenvalue weighted by molar-refractivity contribution is 5.63. The van der Waals surface area contributed by atoms with Gasteiger partial charge in [0.2, 0.25) is 0 Å². The third kappa shape index (κ3) is 4.08. The Morgan fingerprint density at radius 2 is 1.46 bits per heavy atom. The molecule has 0 amide bonds. The van der Waals surface area contributed by atoms with Gasteiger partial charge in [-0.25, -0.2) is 0 Å². The Hall–Kier alpha value is -1.60. The Kier molecular flexibility index (Phi) is 5.73. The van der Waals surface area contributed by atoms with Crippen LogP contribution in [0.3, 0.4) is 0 Å². The first-order valence-corrected chi connectivity index (χ1v) is 9.56. The van der Waals surface area contributed by atoms with Crippen LogP contribution in [0.1, 0.15) is 57.9 Å². The number of rotatable bonds is 5. The molecule has 0 N–H and O–H groups in total. The SMILES string of the molecule is CC(CCN1C(C)CCCC1C)c1ccc(-c2ccccc2)cc1. The first kappa shape index (κ1) is 17.2. The number of benzene rings is 2. The summed E-state index contributed by atoms with van der Waals surface area (Å²) in [6.07, 6.45) is 5.38. The molecule has 1 saturated heterocycles. The molecular formula is C23H31N. The van der Waals surface area contributed by atoms with Crippen LogP contribution in [0.5, 0.6) is 0 Å². The molecule has 0 aromatic heterocycles. The van der Waals surface area contributed by atoms with Crippen molar-refractivity contribution in [1.29, 1.82) is 0 Å². The summed E-state index contributed by atoms with van der Waals surface area (Å²) in [6, 6.07) is 21.3. The van der Waals surface area contributed by atoms with Crippen LogP contribution in [-0.4, -0.2) is 23.5 Å². The van der Waals surface area contributed by atoms with E-state index in [1.165, 1.54) is 48.9 Å². The van der Waals surface area contributed by atoms with Gasteiger partial charge < -0.3 is 0 Å². The van der Waals surface area contributed by atoms with Gasteiger partial charge in [0.05, 0.1) is 0 Å². The van der Waals surface area contributed by atoms with Crippen LogP contribution in [0, 0.1) is 0 Å². The third-order valence-electron chi connectivity index (χ3n) is 5.78. The zero-order chi connectivity index (χ0) is 16.9. The van der Waals surface area contributed by atoms with Gasteiger partial charge in [0.1, 0.15) is 0 Å². The molecule has 128 valence electrons. The zero-order valence-electron chi connectivity index (χ0n) is 15.4. The molecule has 3 atom stereocenters. The highest BCUT2D eigenvalue weighted by atomic mass is 15.2. The quantitative estimate of drug-likeness (QED) is 0.642. The van der Waals surface area contributed by atoms with Crippen LogP contribution in [0.25, 0.3) is 11.1 Å². The van der Waals surface area contributed by atoms with Gasteiger partial charge in [-0.3, -0.25) is 4.90 Å². The van der Waals surface area contributed by atoms with Crippen molar-refractivity contribution in [2.75, 3.05) is 6.54 Å². The summed E-state index contributed by atoms with van der Waals surface area (Å²) >= 11 is 0. The maximum absolute atomic E-state index is 2.72. The minimum Gasteiger partial charge on any atom is -0.298 e. The molecule has 24 heavy (non-hydrogen) atoms. The number of likely N-dealkylation sites (tertiary alicyclic amines) is 1. The van der Waals surface area contributed by atoms with Gasteiger partial charge in [-0.15, -0.1) is 0 Å². The summed E-state index contributed by atoms with van der Waals surface area (Å²) in [5.74, 6) is 0.621. The largest absolute Gasteiger partial charge is 0.298 e. The molecule has 1 heteroatoms. The van der Waals surface area contributed by atoms with E-state index < -0.39 is 0 Å². The van der Waals surface area contributed by atoms with Gasteiger partial charge >= 0.3 is 0 Å². The Morgan fingerprint density at radius 3 is 2.08 bits per heavy atom. The summed E-state index contributed by atoms with van der Waals surface area (Å²) in [7, 11) is 0. The molecule has 1 fully saturated rings. The van der Waals surface area contributed by atoms with Crippen molar-refractivity contribution in [3.8, 4) is 11.1 Å². The topological polar surface area (TPSA) is 3.24 Å². The van der Waals surface area contributed by atoms with Crippen LogP contribution in [0.15, 0.2) is 54.6 Å². The summed E-state index contributed by atoms with van der Waals surface area (Å²) < 4.78 is 0. The van der Waals surface area contributed by atoms with Crippen LogP contribution >= 0.6 is 0 Å². The van der Waals surface area contributed by atoms with E-state index >= 15 is 0 Å². The van der Waals surface area contributed by atoms with Gasteiger partial charge in [-0.2, -0.15) is 0 Å². The highest BCUT2D eigenvalue weighted by Gasteiger charge is 2.24. The second-order valence-corrected chi connectivity index (χ2v) is 7.54. The fraction of sp³-hybridized carbons (Fsp3) is 0.478. The van der Waals surface area contributed by atoms with Gasteiger partial charge in [0.15, 0.2) is 0 Å². The lowest BCUT2D eigenvalue weighted by atomic mass is 9.93. The zero-order valence-corrected chi connectivity index (χ0v) is 15.4. The van der Waals surface area contributed by atoms with E-state index in [0.717, 1.165) is 12.1 Å². The lowest BCUT2D eigenvalue weighted by molar-refractivity contribution is 0.100. The van der Waals surface area contributed by atoms with E-state index in [1.54, 1.807) is 0 Å². The highest BCUT2D eigenvalue weighted by Crippen LogP contribution is 2.27. The van der Waals surface area contributed by atoms with Crippen molar-refractivity contribution in [1.82, 2.24) is 4.90 Å². The standard InChI is InChI=1S/C23H31N/c1-18(16-17-24-19(2)8-7-9-20(24)3)21-12-14-23(15-13-21)22-10-5-4-6-11-22/h4-6,10-15,18-20H,7-9,16-17H2,1-3H3. The normalized spacial score (nSPS) is 23.1. The van der Waals surface area contributed by atoms with Crippen molar-refractivity contribution in [2.45, 2.75) is 64.5 Å². The summed E-state index contributed by atoms with van der Waals surface area (Å²) in [6.45, 7) is 8.39. The Morgan fingerprint density at radius 1 is 0.875 bits per heavy atom. The summed E-state index contributed by atoms with van der Waals surface area (Å²) in [5.41, 5.74) is 4.07. The second kappa shape index (κ2) is 7.98. The van der Waals surface area contributed by atoms with E-state index in [2.05, 4.69) is 80.3 Å². The molecule has 3 unspecified atom stereocenters. The molecule has 0 spiro atoms. The predicted molar refractivity (Wildman–Crippen MR) is 104 cm³/mol. The molecule has 2 aromatic rings. The third-order valence-corrected chi connectivity index (χ3v) is 5.78. The van der Waals surface area contributed by atoms with Crippen molar-refractivity contribution in [3.05, 3.63) is 60.2 Å². The predicted octanol–water partition coefficient (Wildman–Crippen LogP) is 6.11. The Bertz CT molecular complexity index is 606. The van der Waals surface area contributed by atoms with Crippen molar-refractivity contribution in [2.24, 2.45) is 0 Å². The first-order valence-electron chi connectivity index (χ1n) is 9.56. The maximum atomic E-state index is 2.72. The molecule has 2 aromatic carbocycles. The average molecular weight is 322 g/mol. The Balaban J connectivity index is 1.60. The molecule has 0 saturated carbocycles. The number of piperidine rings is 1. The molecule has 1 aliphatic heterocycles. The van der Waals surface area contributed by atoms with Gasteiger partial charge in [0.25, 0.3) is 0 Å². The van der Waals surface area contributed by atoms with Crippen LogP contribution in [0.2, 0.25) is 0 Å². The van der Waals surface area contributed by atoms with E-state index in [4.69, 9.17) is 0 Å². The molecule has 0 bridgehead atoms. The van der Waals surface area contributed by atoms with Crippen molar-refractivity contribution < 1.29 is 0 Å².